The maximum Gasteiger partial charge on any atom is 0.387 e. The summed E-state index contributed by atoms with van der Waals surface area (Å²) in [6.07, 6.45) is 2.71. The zero-order valence-corrected chi connectivity index (χ0v) is 13.5. The molecule has 0 spiro atoms. The number of rotatable bonds is 8. The zero-order valence-electron chi connectivity index (χ0n) is 13.5. The summed E-state index contributed by atoms with van der Waals surface area (Å²) in [5, 5.41) is 0. The van der Waals surface area contributed by atoms with E-state index in [1.807, 2.05) is 0 Å². The van der Waals surface area contributed by atoms with Crippen molar-refractivity contribution in [2.75, 3.05) is 7.11 Å². The first-order chi connectivity index (χ1) is 12.4. The van der Waals surface area contributed by atoms with Crippen molar-refractivity contribution in [3.05, 3.63) is 59.7 Å². The fraction of sp³-hybridized carbons (Fsp3) is 0.167. The summed E-state index contributed by atoms with van der Waals surface area (Å²) in [5.74, 6) is -0.464. The first kappa shape index (κ1) is 19.3. The molecule has 2 rings (SSSR count). The van der Waals surface area contributed by atoms with Crippen molar-refractivity contribution in [1.29, 1.82) is 0 Å². The number of methoxy groups -OCH3 is 1. The molecule has 0 aliphatic carbocycles. The Morgan fingerprint density at radius 2 is 1.58 bits per heavy atom. The Bertz CT molecular complexity index is 773. The maximum atomic E-state index is 12.3. The Morgan fingerprint density at radius 3 is 2.15 bits per heavy atom. The lowest BCUT2D eigenvalue weighted by atomic mass is 10.1. The topological polar surface area (TPSA) is 44.8 Å². The molecule has 0 fully saturated rings. The molecule has 0 N–H and O–H groups in total. The quantitative estimate of drug-likeness (QED) is 0.381. The number of halogens is 4. The van der Waals surface area contributed by atoms with Gasteiger partial charge in [0, 0.05) is 5.56 Å². The minimum atomic E-state index is -2.98. The second-order valence-corrected chi connectivity index (χ2v) is 4.89. The highest BCUT2D eigenvalue weighted by Gasteiger charge is 2.11. The van der Waals surface area contributed by atoms with Gasteiger partial charge in [-0.3, -0.25) is 4.79 Å². The minimum absolute atomic E-state index is 0.0557. The van der Waals surface area contributed by atoms with Crippen LogP contribution in [0.3, 0.4) is 0 Å². The summed E-state index contributed by atoms with van der Waals surface area (Å²) in [5.41, 5.74) is 0.793. The monoisotopic (exact) mass is 370 g/mol. The van der Waals surface area contributed by atoms with E-state index in [0.717, 1.165) is 0 Å². The Hall–Kier alpha value is -3.03. The molecule has 0 saturated carbocycles. The Labute approximate surface area is 146 Å². The van der Waals surface area contributed by atoms with Crippen molar-refractivity contribution in [3.63, 3.8) is 0 Å². The number of carbonyl (C=O) groups excluding carboxylic acids is 1. The number of carbonyl (C=O) groups is 1. The number of ether oxygens (including phenoxy) is 3. The van der Waals surface area contributed by atoms with Gasteiger partial charge in [0.2, 0.25) is 0 Å². The van der Waals surface area contributed by atoms with E-state index in [2.05, 4.69) is 9.47 Å². The molecule has 0 heterocycles. The lowest BCUT2D eigenvalue weighted by molar-refractivity contribution is -0.0514. The molecule has 0 saturated heterocycles. The van der Waals surface area contributed by atoms with Crippen molar-refractivity contribution in [3.8, 4) is 17.2 Å². The highest BCUT2D eigenvalue weighted by Crippen LogP contribution is 2.30. The molecule has 2 aromatic rings. The van der Waals surface area contributed by atoms with Gasteiger partial charge in [-0.1, -0.05) is 12.1 Å². The van der Waals surface area contributed by atoms with Crippen LogP contribution in [0.2, 0.25) is 0 Å². The van der Waals surface area contributed by atoms with E-state index in [4.69, 9.17) is 4.74 Å². The van der Waals surface area contributed by atoms with Crippen LogP contribution in [0.4, 0.5) is 17.6 Å². The molecular weight excluding hydrogens is 356 g/mol. The van der Waals surface area contributed by atoms with Gasteiger partial charge in [-0.2, -0.15) is 17.6 Å². The summed E-state index contributed by atoms with van der Waals surface area (Å²) >= 11 is 0. The smallest absolute Gasteiger partial charge is 0.387 e. The molecule has 0 unspecified atom stereocenters. The standard InChI is InChI=1S/C18H14F4O4/c1-24-16-10-11(3-9-15(16)26-18(21)22)2-8-14(23)12-4-6-13(7-5-12)25-17(19)20/h2-10,17-18H,1H3. The van der Waals surface area contributed by atoms with Gasteiger partial charge in [0.05, 0.1) is 7.11 Å². The Morgan fingerprint density at radius 1 is 0.923 bits per heavy atom. The predicted molar refractivity (Wildman–Crippen MR) is 86.1 cm³/mol. The third-order valence-electron chi connectivity index (χ3n) is 3.19. The zero-order chi connectivity index (χ0) is 19.1. The van der Waals surface area contributed by atoms with Gasteiger partial charge in [-0.15, -0.1) is 0 Å². The lowest BCUT2D eigenvalue weighted by Gasteiger charge is -2.10. The molecule has 0 aliphatic rings. The molecule has 0 amide bonds. The summed E-state index contributed by atoms with van der Waals surface area (Å²) in [6.45, 7) is -5.92. The SMILES string of the molecule is COc1cc(C=CC(=O)c2ccc(OC(F)F)cc2)ccc1OC(F)F. The number of ketones is 1. The second kappa shape index (κ2) is 8.89. The summed E-state index contributed by atoms with van der Waals surface area (Å²) in [7, 11) is 1.30. The summed E-state index contributed by atoms with van der Waals surface area (Å²) < 4.78 is 62.2. The number of hydrogen-bond donors (Lipinski definition) is 0. The van der Waals surface area contributed by atoms with Crippen LogP contribution in [0.15, 0.2) is 48.5 Å². The third kappa shape index (κ3) is 5.51. The number of allylic oxidation sites excluding steroid dienone is 1. The normalized spacial score (nSPS) is 11.2. The van der Waals surface area contributed by atoms with Crippen molar-refractivity contribution < 1.29 is 36.6 Å². The fourth-order valence-electron chi connectivity index (χ4n) is 2.05. The van der Waals surface area contributed by atoms with Gasteiger partial charge >= 0.3 is 13.2 Å². The third-order valence-corrected chi connectivity index (χ3v) is 3.19. The van der Waals surface area contributed by atoms with E-state index >= 15 is 0 Å². The van der Waals surface area contributed by atoms with Crippen LogP contribution in [-0.2, 0) is 0 Å². The Balaban J connectivity index is 2.09. The van der Waals surface area contributed by atoms with Crippen LogP contribution < -0.4 is 14.2 Å². The average Bonchev–Trinajstić information content (AvgIpc) is 2.60. The van der Waals surface area contributed by atoms with Crippen molar-refractivity contribution >= 4 is 11.9 Å². The molecule has 0 radical (unpaired) electrons. The molecular formula is C18H14F4O4. The minimum Gasteiger partial charge on any atom is -0.493 e. The molecule has 138 valence electrons. The van der Waals surface area contributed by atoms with Crippen molar-refractivity contribution in [2.24, 2.45) is 0 Å². The lowest BCUT2D eigenvalue weighted by Crippen LogP contribution is -2.03. The van der Waals surface area contributed by atoms with Crippen LogP contribution >= 0.6 is 0 Å². The van der Waals surface area contributed by atoms with Crippen molar-refractivity contribution in [2.45, 2.75) is 13.2 Å². The first-order valence-corrected chi connectivity index (χ1v) is 7.29. The van der Waals surface area contributed by atoms with Gasteiger partial charge in [-0.05, 0) is 48.0 Å². The van der Waals surface area contributed by atoms with Crippen molar-refractivity contribution in [1.82, 2.24) is 0 Å². The molecule has 0 bridgehead atoms. The number of alkyl halides is 4. The maximum absolute atomic E-state index is 12.3. The molecule has 8 heteroatoms. The molecule has 0 aliphatic heterocycles. The summed E-state index contributed by atoms with van der Waals surface area (Å²) in [6, 6.07) is 9.42. The molecule has 4 nitrogen and oxygen atoms in total. The molecule has 2 aromatic carbocycles. The van der Waals surface area contributed by atoms with Gasteiger partial charge in [0.25, 0.3) is 0 Å². The van der Waals surface area contributed by atoms with Crippen LogP contribution in [0.5, 0.6) is 17.2 Å². The molecule has 0 aromatic heterocycles. The average molecular weight is 370 g/mol. The van der Waals surface area contributed by atoms with Crippen LogP contribution in [0.25, 0.3) is 6.08 Å². The highest BCUT2D eigenvalue weighted by molar-refractivity contribution is 6.06. The first-order valence-electron chi connectivity index (χ1n) is 7.29. The van der Waals surface area contributed by atoms with Crippen LogP contribution in [0.1, 0.15) is 15.9 Å². The van der Waals surface area contributed by atoms with E-state index in [1.54, 1.807) is 0 Å². The van der Waals surface area contributed by atoms with Crippen LogP contribution in [0, 0.1) is 0 Å². The van der Waals surface area contributed by atoms with Gasteiger partial charge < -0.3 is 14.2 Å². The molecule has 26 heavy (non-hydrogen) atoms. The Kier molecular flexibility index (Phi) is 6.60. The van der Waals surface area contributed by atoms with Gasteiger partial charge in [0.15, 0.2) is 17.3 Å². The van der Waals surface area contributed by atoms with E-state index in [0.29, 0.717) is 5.56 Å². The van der Waals surface area contributed by atoms with E-state index in [-0.39, 0.29) is 28.6 Å². The van der Waals surface area contributed by atoms with Crippen LogP contribution in [-0.4, -0.2) is 26.1 Å². The second-order valence-electron chi connectivity index (χ2n) is 4.89. The highest BCUT2D eigenvalue weighted by atomic mass is 19.3. The van der Waals surface area contributed by atoms with Gasteiger partial charge in [-0.25, -0.2) is 0 Å². The van der Waals surface area contributed by atoms with Gasteiger partial charge in [0.1, 0.15) is 5.75 Å². The largest absolute Gasteiger partial charge is 0.493 e. The van der Waals surface area contributed by atoms with E-state index in [1.165, 1.54) is 61.7 Å². The number of hydrogen-bond acceptors (Lipinski definition) is 4. The molecule has 0 atom stereocenters. The van der Waals surface area contributed by atoms with E-state index in [9.17, 15) is 22.4 Å². The summed E-state index contributed by atoms with van der Waals surface area (Å²) in [4.78, 5) is 12.1. The fourth-order valence-corrected chi connectivity index (χ4v) is 2.05. The predicted octanol–water partition coefficient (Wildman–Crippen LogP) is 4.79. The van der Waals surface area contributed by atoms with E-state index < -0.39 is 13.2 Å². The number of benzene rings is 2.